The van der Waals surface area contributed by atoms with Gasteiger partial charge in [-0.1, -0.05) is 18.2 Å². The second-order valence-corrected chi connectivity index (χ2v) is 4.45. The molecule has 2 aromatic rings. The lowest BCUT2D eigenvalue weighted by Gasteiger charge is -2.08. The zero-order chi connectivity index (χ0) is 15.8. The molecule has 0 amide bonds. The molecule has 0 bridgehead atoms. The molecule has 0 unspecified atom stereocenters. The van der Waals surface area contributed by atoms with Crippen LogP contribution >= 0.6 is 0 Å². The molecule has 1 aromatic heterocycles. The minimum Gasteiger partial charge on any atom is -0.618 e. The van der Waals surface area contributed by atoms with Crippen molar-refractivity contribution in [1.29, 1.82) is 0 Å². The maximum absolute atomic E-state index is 12.0. The maximum atomic E-state index is 12.0. The van der Waals surface area contributed by atoms with Crippen LogP contribution in [0.1, 0.15) is 12.6 Å². The van der Waals surface area contributed by atoms with Crippen LogP contribution in [-0.4, -0.2) is 18.3 Å². The number of aromatic nitrogens is 1. The first kappa shape index (κ1) is 15.5. The number of rotatable bonds is 6. The molecule has 22 heavy (non-hydrogen) atoms. The highest BCUT2D eigenvalue weighted by Crippen LogP contribution is 2.06. The van der Waals surface area contributed by atoms with E-state index in [4.69, 9.17) is 4.74 Å². The molecule has 0 spiro atoms. The van der Waals surface area contributed by atoms with Crippen LogP contribution in [0.4, 0.5) is 5.69 Å². The van der Waals surface area contributed by atoms with Crippen molar-refractivity contribution in [2.75, 3.05) is 12.0 Å². The molecule has 0 aliphatic carbocycles. The summed E-state index contributed by atoms with van der Waals surface area (Å²) in [6.45, 7) is 1.96. The summed E-state index contributed by atoms with van der Waals surface area (Å²) in [6, 6.07) is 14.2. The van der Waals surface area contributed by atoms with Crippen molar-refractivity contribution in [3.8, 4) is 0 Å². The predicted molar refractivity (Wildman–Crippen MR) is 83.2 cm³/mol. The second kappa shape index (κ2) is 7.78. The lowest BCUT2D eigenvalue weighted by atomic mass is 10.2. The molecule has 1 heterocycles. The lowest BCUT2D eigenvalue weighted by molar-refractivity contribution is -0.613. The van der Waals surface area contributed by atoms with Gasteiger partial charge in [0.15, 0.2) is 17.6 Å². The van der Waals surface area contributed by atoms with Crippen LogP contribution in [0, 0.1) is 5.21 Å². The highest BCUT2D eigenvalue weighted by atomic mass is 16.5. The molecule has 0 saturated heterocycles. The van der Waals surface area contributed by atoms with E-state index in [2.05, 4.69) is 10.5 Å². The van der Waals surface area contributed by atoms with Gasteiger partial charge in [-0.05, 0) is 25.1 Å². The minimum atomic E-state index is -0.546. The average Bonchev–Trinajstić information content (AvgIpc) is 2.54. The summed E-state index contributed by atoms with van der Waals surface area (Å²) in [6.07, 6.45) is 1.46. The van der Waals surface area contributed by atoms with Crippen molar-refractivity contribution in [3.05, 3.63) is 65.6 Å². The highest BCUT2D eigenvalue weighted by molar-refractivity contribution is 6.37. The van der Waals surface area contributed by atoms with Crippen LogP contribution in [0.15, 0.2) is 59.8 Å². The van der Waals surface area contributed by atoms with E-state index < -0.39 is 5.97 Å². The molecule has 0 fully saturated rings. The molecule has 0 aliphatic rings. The molecule has 6 nitrogen and oxygen atoms in total. The van der Waals surface area contributed by atoms with Gasteiger partial charge < -0.3 is 9.94 Å². The van der Waals surface area contributed by atoms with E-state index in [0.29, 0.717) is 10.4 Å². The van der Waals surface area contributed by atoms with Gasteiger partial charge in [0.25, 0.3) is 0 Å². The molecule has 114 valence electrons. The summed E-state index contributed by atoms with van der Waals surface area (Å²) in [7, 11) is 0. The van der Waals surface area contributed by atoms with Crippen molar-refractivity contribution in [1.82, 2.24) is 0 Å². The number of carbonyl (C=O) groups is 1. The fraction of sp³-hybridized carbons (Fsp3) is 0.188. The van der Waals surface area contributed by atoms with Crippen LogP contribution in [0.25, 0.3) is 0 Å². The minimum absolute atomic E-state index is 0.0863. The smallest absolute Gasteiger partial charge is 0.355 e. The van der Waals surface area contributed by atoms with Crippen molar-refractivity contribution >= 4 is 17.4 Å². The molecule has 0 aliphatic heterocycles. The Labute approximate surface area is 128 Å². The van der Waals surface area contributed by atoms with Gasteiger partial charge in [-0.3, -0.25) is 5.43 Å². The van der Waals surface area contributed by atoms with Gasteiger partial charge in [0.1, 0.15) is 0 Å². The fourth-order valence-electron chi connectivity index (χ4n) is 1.79. The first-order valence-electron chi connectivity index (χ1n) is 6.92. The summed E-state index contributed by atoms with van der Waals surface area (Å²) >= 11 is 0. The number of nitrogens with one attached hydrogen (secondary N) is 1. The molecule has 6 heteroatoms. The third-order valence-corrected chi connectivity index (χ3v) is 2.86. The van der Waals surface area contributed by atoms with Crippen molar-refractivity contribution < 1.29 is 14.3 Å². The zero-order valence-corrected chi connectivity index (χ0v) is 12.2. The van der Waals surface area contributed by atoms with Gasteiger partial charge in [-0.25, -0.2) is 4.79 Å². The monoisotopic (exact) mass is 299 g/mol. The van der Waals surface area contributed by atoms with Crippen LogP contribution in [0.3, 0.4) is 0 Å². The molecular formula is C16H17N3O3. The average molecular weight is 299 g/mol. The molecule has 0 saturated carbocycles. The summed E-state index contributed by atoms with van der Waals surface area (Å²) in [5.41, 5.74) is 4.10. The van der Waals surface area contributed by atoms with E-state index in [1.807, 2.05) is 30.3 Å². The van der Waals surface area contributed by atoms with Gasteiger partial charge in [0.2, 0.25) is 0 Å². The van der Waals surface area contributed by atoms with E-state index >= 15 is 0 Å². The highest BCUT2D eigenvalue weighted by Gasteiger charge is 2.18. The molecule has 0 radical (unpaired) electrons. The number of benzene rings is 1. The molecular weight excluding hydrogens is 282 g/mol. The first-order chi connectivity index (χ1) is 10.7. The van der Waals surface area contributed by atoms with Crippen LogP contribution in [-0.2, 0) is 16.0 Å². The maximum Gasteiger partial charge on any atom is 0.355 e. The number of hydrogen-bond acceptors (Lipinski definition) is 5. The lowest BCUT2D eigenvalue weighted by Crippen LogP contribution is -2.34. The third-order valence-electron chi connectivity index (χ3n) is 2.86. The molecule has 1 N–H and O–H groups in total. The number of hydrazone groups is 1. The van der Waals surface area contributed by atoms with Gasteiger partial charge in [-0.15, -0.1) is 0 Å². The Morgan fingerprint density at radius 3 is 2.64 bits per heavy atom. The zero-order valence-electron chi connectivity index (χ0n) is 12.2. The van der Waals surface area contributed by atoms with E-state index in [1.165, 1.54) is 6.20 Å². The van der Waals surface area contributed by atoms with Gasteiger partial charge in [0.05, 0.1) is 18.7 Å². The fourth-order valence-corrected chi connectivity index (χ4v) is 1.79. The standard InChI is InChI=1S/C16H17N3O3/c1-2-22-16(20)15(12-14-10-6-7-11-19(14)21)18-17-13-8-4-3-5-9-13/h3-11,17H,2,12H2,1H3/b18-15-. The predicted octanol–water partition coefficient (Wildman–Crippen LogP) is 1.89. The number of para-hydroxylation sites is 1. The molecule has 0 atom stereocenters. The van der Waals surface area contributed by atoms with Crippen LogP contribution in [0.5, 0.6) is 0 Å². The Morgan fingerprint density at radius 2 is 1.95 bits per heavy atom. The van der Waals surface area contributed by atoms with Crippen molar-refractivity contribution in [2.45, 2.75) is 13.3 Å². The summed E-state index contributed by atoms with van der Waals surface area (Å²) in [5.74, 6) is -0.546. The Balaban J connectivity index is 2.19. The number of nitrogens with zero attached hydrogens (tertiary/aromatic N) is 2. The van der Waals surface area contributed by atoms with E-state index in [0.717, 1.165) is 5.69 Å². The summed E-state index contributed by atoms with van der Waals surface area (Å²) in [5, 5.41) is 15.8. The third kappa shape index (κ3) is 4.31. The van der Waals surface area contributed by atoms with Gasteiger partial charge in [-0.2, -0.15) is 9.83 Å². The van der Waals surface area contributed by atoms with E-state index in [-0.39, 0.29) is 18.7 Å². The SMILES string of the molecule is CCOC(=O)/C(Cc1cccc[n+]1[O-])=N\Nc1ccccc1. The topological polar surface area (TPSA) is 77.6 Å². The number of pyridine rings is 1. The van der Waals surface area contributed by atoms with Crippen molar-refractivity contribution in [3.63, 3.8) is 0 Å². The number of esters is 1. The Hall–Kier alpha value is -2.89. The Bertz CT molecular complexity index is 657. The van der Waals surface area contributed by atoms with Gasteiger partial charge in [0, 0.05) is 12.1 Å². The molecule has 1 aromatic carbocycles. The number of hydrogen-bond donors (Lipinski definition) is 1. The van der Waals surface area contributed by atoms with Gasteiger partial charge >= 0.3 is 5.97 Å². The first-order valence-corrected chi connectivity index (χ1v) is 6.92. The van der Waals surface area contributed by atoms with Crippen LogP contribution in [0.2, 0.25) is 0 Å². The summed E-state index contributed by atoms with van der Waals surface area (Å²) < 4.78 is 5.69. The second-order valence-electron chi connectivity index (χ2n) is 4.45. The van der Waals surface area contributed by atoms with Crippen molar-refractivity contribution in [2.24, 2.45) is 5.10 Å². The number of ether oxygens (including phenoxy) is 1. The normalized spacial score (nSPS) is 11.0. The largest absolute Gasteiger partial charge is 0.618 e. The van der Waals surface area contributed by atoms with Crippen LogP contribution < -0.4 is 10.2 Å². The van der Waals surface area contributed by atoms with E-state index in [9.17, 15) is 10.0 Å². The Kier molecular flexibility index (Phi) is 5.48. The Morgan fingerprint density at radius 1 is 1.23 bits per heavy atom. The number of carbonyl (C=O) groups excluding carboxylic acids is 1. The summed E-state index contributed by atoms with van der Waals surface area (Å²) in [4.78, 5) is 12.0. The van der Waals surface area contributed by atoms with E-state index in [1.54, 1.807) is 25.1 Å². The molecule has 2 rings (SSSR count). The quantitative estimate of drug-likeness (QED) is 0.290. The number of anilines is 1.